The van der Waals surface area contributed by atoms with Gasteiger partial charge >= 0.3 is 13.7 Å². The van der Waals surface area contributed by atoms with Crippen LogP contribution in [-0.2, 0) is 35.4 Å². The first kappa shape index (κ1) is 33.1. The number of aromatic nitrogens is 4. The van der Waals surface area contributed by atoms with Gasteiger partial charge in [-0.3, -0.25) is 9.32 Å². The van der Waals surface area contributed by atoms with Crippen LogP contribution in [0, 0.1) is 11.3 Å². The Morgan fingerprint density at radius 3 is 2.73 bits per heavy atom. The number of rotatable bonds is 12. The second-order valence-corrected chi connectivity index (χ2v) is 13.0. The Hall–Kier alpha value is -4.84. The molecule has 16 heteroatoms. The lowest BCUT2D eigenvalue weighted by Crippen LogP contribution is -2.48. The summed E-state index contributed by atoms with van der Waals surface area (Å²) in [5, 5.41) is 29.2. The van der Waals surface area contributed by atoms with Crippen LogP contribution in [0.15, 0.2) is 79.1 Å². The van der Waals surface area contributed by atoms with Crippen molar-refractivity contribution in [2.45, 2.75) is 49.8 Å². The zero-order valence-corrected chi connectivity index (χ0v) is 26.8. The van der Waals surface area contributed by atoms with E-state index in [-0.39, 0.29) is 30.3 Å². The molecule has 0 spiro atoms. The normalized spacial score (nSPS) is 24.2. The number of benzene rings is 2. The Labute approximate surface area is 274 Å². The fourth-order valence-electron chi connectivity index (χ4n) is 5.77. The maximum atomic E-state index is 16.5. The van der Waals surface area contributed by atoms with Crippen LogP contribution in [0.25, 0.3) is 16.4 Å². The Kier molecular flexibility index (Phi) is 8.95. The van der Waals surface area contributed by atoms with E-state index in [4.69, 9.17) is 24.3 Å². The summed E-state index contributed by atoms with van der Waals surface area (Å²) in [5.41, 5.74) is 2.54. The molecule has 1 unspecified atom stereocenters. The summed E-state index contributed by atoms with van der Waals surface area (Å²) in [6, 6.07) is 21.0. The molecule has 3 aromatic heterocycles. The van der Waals surface area contributed by atoms with E-state index in [1.807, 2.05) is 36.4 Å². The molecule has 48 heavy (non-hydrogen) atoms. The van der Waals surface area contributed by atoms with E-state index in [0.29, 0.717) is 11.2 Å². The summed E-state index contributed by atoms with van der Waals surface area (Å²) in [7, 11) is -4.53. The Balaban J connectivity index is 1.30. The van der Waals surface area contributed by atoms with Crippen LogP contribution in [-0.4, -0.2) is 67.8 Å². The van der Waals surface area contributed by atoms with Gasteiger partial charge in [-0.2, -0.15) is 15.4 Å². The van der Waals surface area contributed by atoms with Crippen molar-refractivity contribution in [2.75, 3.05) is 18.9 Å². The molecule has 5 N–H and O–H groups in total. The Morgan fingerprint density at radius 2 is 2.00 bits per heavy atom. The maximum Gasteiger partial charge on any atom is 0.459 e. The van der Waals surface area contributed by atoms with Gasteiger partial charge in [0.15, 0.2) is 11.5 Å². The number of aliphatic hydroxyl groups is 1. The highest BCUT2D eigenvalue weighted by Gasteiger charge is 2.67. The molecule has 0 bridgehead atoms. The number of fused-ring (bicyclic) bond motifs is 2. The van der Waals surface area contributed by atoms with Gasteiger partial charge in [-0.25, -0.2) is 18.5 Å². The number of nitrogens with zero attached hydrogens (tertiary/aromatic N) is 4. The lowest BCUT2D eigenvalue weighted by molar-refractivity contribution is -0.145. The van der Waals surface area contributed by atoms with Crippen LogP contribution in [0.4, 0.5) is 10.2 Å². The average molecular weight is 678 g/mol. The molecule has 0 saturated carbocycles. The maximum absolute atomic E-state index is 16.5. The van der Waals surface area contributed by atoms with Gasteiger partial charge in [-0.1, -0.05) is 36.4 Å². The summed E-state index contributed by atoms with van der Waals surface area (Å²) >= 11 is 0. The number of para-hydroxylation sites is 2. The summed E-state index contributed by atoms with van der Waals surface area (Å²) in [6.07, 6.45) is -2.33. The first-order valence-corrected chi connectivity index (χ1v) is 16.6. The molecule has 4 heterocycles. The number of nitrogens with one attached hydrogen (secondary N) is 2. The van der Waals surface area contributed by atoms with Gasteiger partial charge < -0.3 is 29.8 Å². The molecule has 0 aliphatic carbocycles. The number of aliphatic hydroxyl groups excluding tert-OH is 1. The topological polar surface area (TPSA) is 199 Å². The minimum atomic E-state index is -4.53. The molecular formula is C32H33FN7O7P. The molecule has 14 nitrogen and oxygen atoms in total. The number of halogens is 1. The van der Waals surface area contributed by atoms with Crippen LogP contribution in [0.2, 0.25) is 0 Å². The first-order valence-electron chi connectivity index (χ1n) is 15.1. The fourth-order valence-corrected chi connectivity index (χ4v) is 7.27. The quantitative estimate of drug-likeness (QED) is 0.110. The number of nitrogen functional groups attached to an aromatic ring is 1. The number of esters is 1. The molecule has 1 fully saturated rings. The number of carbonyl (C=O) groups is 1. The molecule has 250 valence electrons. The first-order chi connectivity index (χ1) is 23.0. The molecule has 0 radical (unpaired) electrons. The SMILES string of the molecule is CCOC(=O)[C@H](Cc1cc2ccccc2[nH]1)NP(=O)(OC[C@H]1O[C@@](C#N)(c2ccc3c(N)ncnn23)[C@](C)(F)[C@@H]1O)Oc1ccccc1. The zero-order valence-electron chi connectivity index (χ0n) is 25.9. The van der Waals surface area contributed by atoms with Crippen LogP contribution in [0.1, 0.15) is 25.2 Å². The molecule has 6 rings (SSSR count). The van der Waals surface area contributed by atoms with Crippen molar-refractivity contribution < 1.29 is 37.4 Å². The lowest BCUT2D eigenvalue weighted by Gasteiger charge is -2.30. The highest BCUT2D eigenvalue weighted by atomic mass is 31.2. The van der Waals surface area contributed by atoms with Gasteiger partial charge in [0, 0.05) is 17.6 Å². The summed E-state index contributed by atoms with van der Waals surface area (Å²) in [6.45, 7) is 1.98. The lowest BCUT2D eigenvalue weighted by atomic mass is 9.82. The van der Waals surface area contributed by atoms with Crippen LogP contribution >= 0.6 is 7.75 Å². The van der Waals surface area contributed by atoms with Crippen molar-refractivity contribution in [1.82, 2.24) is 24.7 Å². The van der Waals surface area contributed by atoms with Crippen molar-refractivity contribution in [2.24, 2.45) is 0 Å². The third-order valence-electron chi connectivity index (χ3n) is 8.20. The smallest absolute Gasteiger partial charge is 0.459 e. The van der Waals surface area contributed by atoms with Gasteiger partial charge in [0.25, 0.3) is 0 Å². The van der Waals surface area contributed by atoms with Gasteiger partial charge in [-0.15, -0.1) is 0 Å². The van der Waals surface area contributed by atoms with Crippen molar-refractivity contribution in [3.63, 3.8) is 0 Å². The van der Waals surface area contributed by atoms with Gasteiger partial charge in [-0.05, 0) is 55.6 Å². The minimum absolute atomic E-state index is 0.00787. The number of hydrogen-bond acceptors (Lipinski definition) is 11. The number of anilines is 1. The third kappa shape index (κ3) is 6.00. The predicted octanol–water partition coefficient (Wildman–Crippen LogP) is 3.97. The highest BCUT2D eigenvalue weighted by Crippen LogP contribution is 2.52. The number of aromatic amines is 1. The molecule has 6 atom stereocenters. The number of H-pyrrole nitrogens is 1. The molecule has 0 amide bonds. The van der Waals surface area contributed by atoms with Gasteiger partial charge in [0.1, 0.15) is 41.9 Å². The number of alkyl halides is 1. The van der Waals surface area contributed by atoms with Gasteiger partial charge in [0.2, 0.25) is 5.60 Å². The standard InChI is InChI=1S/C32H33FN7O7P/c1-3-44-30(42)24(16-21-15-20-9-7-8-12-23(20)38-21)39-48(43,47-22-10-5-4-6-11-22)45-17-26-28(41)31(2,33)32(18-34,46-26)27-14-13-25-29(35)36-19-37-40(25)27/h4-15,19,24,26,28,38,41H,3,16-17H2,1-2H3,(H,39,43)(H2,35,36,37)/t24-,26+,28+,31+,32-,48?/m0/s1. The third-order valence-corrected chi connectivity index (χ3v) is 9.76. The van der Waals surface area contributed by atoms with E-state index in [2.05, 4.69) is 20.2 Å². The Bertz CT molecular complexity index is 2000. The van der Waals surface area contributed by atoms with Gasteiger partial charge in [0.05, 0.1) is 18.9 Å². The van der Waals surface area contributed by atoms with Crippen LogP contribution in [0.3, 0.4) is 0 Å². The number of carbonyl (C=O) groups excluding carboxylic acids is 1. The number of hydrogen-bond donors (Lipinski definition) is 4. The fraction of sp³-hybridized carbons (Fsp3) is 0.312. The second kappa shape index (κ2) is 13.0. The van der Waals surface area contributed by atoms with E-state index in [1.165, 1.54) is 28.8 Å². The van der Waals surface area contributed by atoms with Crippen molar-refractivity contribution in [3.05, 3.63) is 90.5 Å². The molecule has 2 aromatic carbocycles. The predicted molar refractivity (Wildman–Crippen MR) is 171 cm³/mol. The zero-order chi connectivity index (χ0) is 34.1. The minimum Gasteiger partial charge on any atom is -0.465 e. The second-order valence-electron chi connectivity index (χ2n) is 11.3. The number of nitriles is 1. The van der Waals surface area contributed by atoms with E-state index in [9.17, 15) is 19.7 Å². The van der Waals surface area contributed by atoms with Crippen molar-refractivity contribution >= 4 is 36.0 Å². The number of nitrogens with two attached hydrogens (primary N) is 1. The highest BCUT2D eigenvalue weighted by molar-refractivity contribution is 7.52. The summed E-state index contributed by atoms with van der Waals surface area (Å²) < 4.78 is 55.0. The van der Waals surface area contributed by atoms with Crippen molar-refractivity contribution in [3.8, 4) is 11.8 Å². The monoisotopic (exact) mass is 677 g/mol. The Morgan fingerprint density at radius 1 is 1.25 bits per heavy atom. The molecule has 1 aliphatic rings. The summed E-state index contributed by atoms with van der Waals surface area (Å²) in [5.74, 6) is -0.514. The molecule has 1 saturated heterocycles. The summed E-state index contributed by atoms with van der Waals surface area (Å²) in [4.78, 5) is 20.3. The van der Waals surface area contributed by atoms with E-state index < -0.39 is 49.8 Å². The van der Waals surface area contributed by atoms with E-state index in [1.54, 1.807) is 25.1 Å². The van der Waals surface area contributed by atoms with Crippen LogP contribution < -0.4 is 15.3 Å². The molecule has 5 aromatic rings. The largest absolute Gasteiger partial charge is 0.465 e. The molecular weight excluding hydrogens is 644 g/mol. The number of ether oxygens (including phenoxy) is 2. The van der Waals surface area contributed by atoms with E-state index in [0.717, 1.165) is 24.2 Å². The average Bonchev–Trinajstić information content (AvgIpc) is 3.74. The van der Waals surface area contributed by atoms with Crippen molar-refractivity contribution in [1.29, 1.82) is 5.26 Å². The molecule has 1 aliphatic heterocycles. The van der Waals surface area contributed by atoms with Crippen LogP contribution in [0.5, 0.6) is 5.75 Å². The van der Waals surface area contributed by atoms with E-state index >= 15 is 4.39 Å².